The number of benzene rings is 2. The Morgan fingerprint density at radius 1 is 0.731 bits per heavy atom. The molecule has 4 aromatic heterocycles. The van der Waals surface area contributed by atoms with Crippen molar-refractivity contribution in [1.29, 1.82) is 2.86 Å². The Labute approximate surface area is 391 Å². The second kappa shape index (κ2) is 26.6. The minimum atomic E-state index is -1.32. The SMILES string of the molecule is OC/C=C/CO.[2H]C[C@H]1O[C@@H](n2cnc3c(N(C/C=C/CO)C(=O)c4ccccc4)ncnc32)[C@H](F)[C@@H]1C.[2H]C[C@H]1O[C@@H](n2cnc3c(NC(=O)c4ccccc4)ncnc32)[C@H](F)[C@@H]1C.[3H]OC.[3H]OC. The number of fused-ring (bicyclic) bond motifs is 2. The van der Waals surface area contributed by atoms with Crippen LogP contribution < -0.4 is 10.2 Å². The van der Waals surface area contributed by atoms with Crippen LogP contribution in [0.1, 0.15) is 63.6 Å². The van der Waals surface area contributed by atoms with Crippen LogP contribution >= 0.6 is 0 Å². The first-order valence-corrected chi connectivity index (χ1v) is 20.8. The smallest absolute Gasteiger partial charge is 0.259 e. The van der Waals surface area contributed by atoms with E-state index >= 15 is 0 Å². The highest BCUT2D eigenvalue weighted by molar-refractivity contribution is 6.09. The van der Waals surface area contributed by atoms with E-state index in [1.807, 2.05) is 12.1 Å². The number of aliphatic hydroxyl groups is 5. The molecule has 0 bridgehead atoms. The topological polar surface area (TPSA) is 256 Å². The maximum absolute atomic E-state index is 14.9. The summed E-state index contributed by atoms with van der Waals surface area (Å²) in [6.07, 6.45) is 6.12. The molecule has 6 heterocycles. The summed E-state index contributed by atoms with van der Waals surface area (Å²) in [7, 11) is 2.58. The molecule has 2 saturated heterocycles. The normalized spacial score (nSPS) is 22.7. The van der Waals surface area contributed by atoms with Crippen molar-refractivity contribution < 1.29 is 56.1 Å². The molecule has 6 N–H and O–H groups in total. The zero-order chi connectivity index (χ0) is 51.9. The maximum Gasteiger partial charge on any atom is 0.259 e. The fourth-order valence-corrected chi connectivity index (χ4v) is 6.65. The molecule has 360 valence electrons. The number of nitrogens with zero attached hydrogens (tertiary/aromatic N) is 9. The van der Waals surface area contributed by atoms with Crippen molar-refractivity contribution in [2.24, 2.45) is 11.8 Å². The van der Waals surface area contributed by atoms with Crippen molar-refractivity contribution in [3.8, 4) is 0 Å². The molecule has 2 aliphatic rings. The first-order chi connectivity index (χ1) is 34.4. The van der Waals surface area contributed by atoms with E-state index in [-0.39, 0.29) is 63.6 Å². The molecule has 8 atom stereocenters. The number of amides is 2. The quantitative estimate of drug-likeness (QED) is 0.0969. The highest BCUT2D eigenvalue weighted by Gasteiger charge is 2.43. The Bertz CT molecular complexity index is 2580. The summed E-state index contributed by atoms with van der Waals surface area (Å²) >= 11 is 0. The molecule has 19 nitrogen and oxygen atoms in total. The molecule has 0 spiro atoms. The summed E-state index contributed by atoms with van der Waals surface area (Å²) < 4.78 is 70.5. The van der Waals surface area contributed by atoms with Crippen LogP contribution in [-0.2, 0) is 9.47 Å². The number of hydrogen-bond donors (Lipinski definition) is 6. The minimum absolute atomic E-state index is 0.0144. The average molecular weight is 939 g/mol. The lowest BCUT2D eigenvalue weighted by Gasteiger charge is -2.21. The van der Waals surface area contributed by atoms with Gasteiger partial charge in [0.05, 0.1) is 44.7 Å². The zero-order valence-electron chi connectivity index (χ0n) is 41.3. The number of ether oxygens (including phenoxy) is 2. The molecule has 0 radical (unpaired) electrons. The summed E-state index contributed by atoms with van der Waals surface area (Å²) in [5.41, 5.74) is 2.31. The van der Waals surface area contributed by atoms with Gasteiger partial charge in [-0.1, -0.05) is 74.5 Å². The van der Waals surface area contributed by atoms with E-state index in [1.54, 1.807) is 68.5 Å². The highest BCUT2D eigenvalue weighted by Crippen LogP contribution is 2.39. The van der Waals surface area contributed by atoms with Gasteiger partial charge in [0, 0.05) is 46.5 Å². The lowest BCUT2D eigenvalue weighted by atomic mass is 10.0. The van der Waals surface area contributed by atoms with Gasteiger partial charge in [-0.25, -0.2) is 38.7 Å². The van der Waals surface area contributed by atoms with Crippen LogP contribution in [0.5, 0.6) is 0 Å². The summed E-state index contributed by atoms with van der Waals surface area (Å²) in [4.78, 5) is 52.5. The molecule has 8 rings (SSSR count). The fourth-order valence-electron chi connectivity index (χ4n) is 6.65. The third-order valence-electron chi connectivity index (χ3n) is 10.3. The third-order valence-corrected chi connectivity index (χ3v) is 10.3. The van der Waals surface area contributed by atoms with Crippen LogP contribution in [0.15, 0.2) is 110 Å². The number of imidazole rings is 2. The van der Waals surface area contributed by atoms with Crippen LogP contribution in [0.25, 0.3) is 22.3 Å². The van der Waals surface area contributed by atoms with Crippen molar-refractivity contribution >= 4 is 45.8 Å². The van der Waals surface area contributed by atoms with E-state index in [4.69, 9.17) is 30.4 Å². The number of aromatic nitrogens is 8. The van der Waals surface area contributed by atoms with Gasteiger partial charge < -0.3 is 40.3 Å². The molecular weight excluding hydrogens is 875 g/mol. The van der Waals surface area contributed by atoms with Crippen LogP contribution in [0.4, 0.5) is 20.4 Å². The standard InChI is InChI=1S/C22H24FN5O3.C18H18FN5O2.C4H8O2.2CH4O/c1-14-15(2)31-22(17(14)23)28-13-26-18-19(24-12-25-20(18)28)27(10-6-7-11-29)21(30)16-8-4-3-5-9-16;1-10-11(2)26-18(13(10)19)24-9-22-14-15(20-8-21-16(14)24)23-17(25)12-6-4-3-5-7-12;5-3-1-2-4-6;2*1-2/h3-9,12-15,17,22,29H,10-11H2,1-2H3;3-11,13,18H,1-2H3,(H,20,21,23,25);1-2,5-6H,3-4H2;2*2H,1H3/b7-6+;;2-1+;;/t14-,15-,17-,22-;10-,11-,13-,18-;;;/m11.../s1/i2*2D;;2*2T. The van der Waals surface area contributed by atoms with Gasteiger partial charge in [-0.3, -0.25) is 23.6 Å². The number of aliphatic hydroxyl groups excluding tert-OH is 5. The first kappa shape index (κ1) is 47.0. The number of anilines is 2. The van der Waals surface area contributed by atoms with Crippen molar-refractivity contribution in [2.75, 3.05) is 50.8 Å². The summed E-state index contributed by atoms with van der Waals surface area (Å²) in [6.45, 7) is 3.41. The van der Waals surface area contributed by atoms with Crippen LogP contribution in [-0.4, -0.2) is 144 Å². The van der Waals surface area contributed by atoms with Gasteiger partial charge in [-0.2, -0.15) is 0 Å². The summed E-state index contributed by atoms with van der Waals surface area (Å²) in [5.74, 6) is -0.950. The molecule has 2 aromatic carbocycles. The lowest BCUT2D eigenvalue weighted by Crippen LogP contribution is -2.32. The molecule has 2 fully saturated rings. The molecule has 0 aliphatic carbocycles. The van der Waals surface area contributed by atoms with Crippen LogP contribution in [0.2, 0.25) is 0 Å². The Morgan fingerprint density at radius 2 is 1.19 bits per heavy atom. The number of carbonyl (C=O) groups excluding carboxylic acids is 2. The monoisotopic (exact) mass is 938 g/mol. The summed E-state index contributed by atoms with van der Waals surface area (Å²) in [6, 6.07) is 17.5. The van der Waals surface area contributed by atoms with E-state index in [0.717, 1.165) is 0 Å². The maximum atomic E-state index is 14.9. The molecule has 21 heteroatoms. The van der Waals surface area contributed by atoms with Gasteiger partial charge in [-0.15, -0.1) is 0 Å². The largest absolute Gasteiger partial charge is 0.400 e. The molecule has 0 unspecified atom stereocenters. The van der Waals surface area contributed by atoms with E-state index < -0.39 is 48.8 Å². The number of alkyl halides is 2. The predicted molar refractivity (Wildman–Crippen MR) is 246 cm³/mol. The van der Waals surface area contributed by atoms with Crippen molar-refractivity contribution in [1.82, 2.24) is 39.0 Å². The molecule has 6 aromatic rings. The Hall–Kier alpha value is -6.46. The molecule has 2 amide bonds. The summed E-state index contributed by atoms with van der Waals surface area (Å²) in [5, 5.41) is 34.8. The van der Waals surface area contributed by atoms with Crippen molar-refractivity contribution in [2.45, 2.75) is 64.7 Å². The van der Waals surface area contributed by atoms with E-state index in [2.05, 4.69) is 45.4 Å². The third kappa shape index (κ3) is 12.9. The lowest BCUT2D eigenvalue weighted by molar-refractivity contribution is -0.0103. The van der Waals surface area contributed by atoms with E-state index in [0.29, 0.717) is 33.5 Å². The van der Waals surface area contributed by atoms with E-state index in [9.17, 15) is 18.4 Å². The zero-order valence-corrected chi connectivity index (χ0v) is 37.3. The van der Waals surface area contributed by atoms with Gasteiger partial charge in [0.1, 0.15) is 12.7 Å². The highest BCUT2D eigenvalue weighted by atomic mass is 19.1. The number of carbonyl (C=O) groups is 2. The minimum Gasteiger partial charge on any atom is -0.400 e. The van der Waals surface area contributed by atoms with Gasteiger partial charge in [0.2, 0.25) is 2.86 Å². The second-order valence-corrected chi connectivity index (χ2v) is 14.4. The first-order valence-electron chi connectivity index (χ1n) is 23.0. The Morgan fingerprint density at radius 3 is 1.69 bits per heavy atom. The van der Waals surface area contributed by atoms with Gasteiger partial charge in [0.15, 0.2) is 58.8 Å². The molecule has 67 heavy (non-hydrogen) atoms. The molecular formula is C46H58F2N10O9. The fraction of sp³-hybridized carbons (Fsp3) is 0.391. The van der Waals surface area contributed by atoms with Gasteiger partial charge >= 0.3 is 0 Å². The molecule has 2 aliphatic heterocycles. The predicted octanol–water partition coefficient (Wildman–Crippen LogP) is 4.63. The van der Waals surface area contributed by atoms with Gasteiger partial charge in [0.25, 0.3) is 11.8 Å². The molecule has 0 saturated carbocycles. The van der Waals surface area contributed by atoms with Gasteiger partial charge in [-0.05, 0) is 38.1 Å². The number of hydrogen-bond acceptors (Lipinski definition) is 15. The van der Waals surface area contributed by atoms with Crippen molar-refractivity contribution in [3.05, 3.63) is 121 Å². The van der Waals surface area contributed by atoms with E-state index in [1.165, 1.54) is 71.8 Å². The van der Waals surface area contributed by atoms with Crippen molar-refractivity contribution in [3.63, 3.8) is 0 Å². The van der Waals surface area contributed by atoms with Crippen LogP contribution in [0, 0.1) is 11.8 Å². The Balaban J connectivity index is 0.000000254. The number of halogens is 2. The van der Waals surface area contributed by atoms with Crippen LogP contribution in [0.3, 0.4) is 0 Å². The number of nitrogens with one attached hydrogen (secondary N) is 1. The number of rotatable bonds is 11. The second-order valence-electron chi connectivity index (χ2n) is 14.4. The average Bonchev–Trinajstić information content (AvgIpc) is 4.17. The Kier molecular flexibility index (Phi) is 18.7.